The molecule has 0 spiro atoms. The molecule has 1 aromatic carbocycles. The van der Waals surface area contributed by atoms with Gasteiger partial charge in [0.05, 0.1) is 0 Å². The Balaban J connectivity index is 1.67. The minimum atomic E-state index is 0.761. The largest absolute Gasteiger partial charge is 0.314 e. The third-order valence-electron chi connectivity index (χ3n) is 4.83. The van der Waals surface area contributed by atoms with Crippen molar-refractivity contribution in [3.8, 4) is 0 Å². The van der Waals surface area contributed by atoms with Crippen LogP contribution in [0.25, 0.3) is 0 Å². The van der Waals surface area contributed by atoms with Gasteiger partial charge in [0.25, 0.3) is 0 Å². The quantitative estimate of drug-likeness (QED) is 0.831. The summed E-state index contributed by atoms with van der Waals surface area (Å²) in [6, 6.07) is 9.87. The molecule has 3 atom stereocenters. The summed E-state index contributed by atoms with van der Waals surface area (Å²) in [6.07, 6.45) is 8.20. The van der Waals surface area contributed by atoms with E-state index in [4.69, 9.17) is 0 Å². The maximum Gasteiger partial charge on any atom is 0.00731 e. The number of piperidine rings is 1. The zero-order valence-corrected chi connectivity index (χ0v) is 11.5. The van der Waals surface area contributed by atoms with Crippen molar-refractivity contribution in [1.29, 1.82) is 0 Å². The average Bonchev–Trinajstić information content (AvgIpc) is 2.42. The van der Waals surface area contributed by atoms with Gasteiger partial charge in [-0.3, -0.25) is 0 Å². The number of hydrogen-bond acceptors (Lipinski definition) is 1. The fourth-order valence-corrected chi connectivity index (χ4v) is 3.70. The van der Waals surface area contributed by atoms with Gasteiger partial charge in [0.2, 0.25) is 0 Å². The minimum Gasteiger partial charge on any atom is -0.314 e. The van der Waals surface area contributed by atoms with Crippen molar-refractivity contribution in [2.75, 3.05) is 6.54 Å². The predicted octanol–water partition coefficient (Wildman–Crippen LogP) is 3.88. The van der Waals surface area contributed by atoms with Crippen molar-refractivity contribution in [1.82, 2.24) is 5.32 Å². The van der Waals surface area contributed by atoms with Gasteiger partial charge in [-0.05, 0) is 68.0 Å². The first-order chi connectivity index (χ1) is 8.83. The molecule has 1 saturated heterocycles. The van der Waals surface area contributed by atoms with E-state index in [1.165, 1.54) is 45.1 Å². The highest BCUT2D eigenvalue weighted by Crippen LogP contribution is 2.35. The summed E-state index contributed by atoms with van der Waals surface area (Å²) in [5.74, 6) is 1.68. The molecular formula is C17H25N. The number of benzene rings is 1. The van der Waals surface area contributed by atoms with Gasteiger partial charge in [-0.1, -0.05) is 31.2 Å². The van der Waals surface area contributed by atoms with Crippen LogP contribution in [0.3, 0.4) is 0 Å². The van der Waals surface area contributed by atoms with Gasteiger partial charge >= 0.3 is 0 Å². The van der Waals surface area contributed by atoms with E-state index in [0.717, 1.165) is 17.9 Å². The molecule has 1 N–H and O–H groups in total. The predicted molar refractivity (Wildman–Crippen MR) is 76.9 cm³/mol. The lowest BCUT2D eigenvalue weighted by molar-refractivity contribution is 0.296. The van der Waals surface area contributed by atoms with Gasteiger partial charge < -0.3 is 5.32 Å². The first kappa shape index (κ1) is 12.2. The van der Waals surface area contributed by atoms with E-state index in [2.05, 4.69) is 36.5 Å². The summed E-state index contributed by atoms with van der Waals surface area (Å²) in [5, 5.41) is 3.75. The van der Waals surface area contributed by atoms with Crippen LogP contribution in [0.4, 0.5) is 0 Å². The molecule has 0 amide bonds. The zero-order chi connectivity index (χ0) is 12.4. The van der Waals surface area contributed by atoms with Gasteiger partial charge in [0.1, 0.15) is 0 Å². The Morgan fingerprint density at radius 3 is 2.89 bits per heavy atom. The van der Waals surface area contributed by atoms with E-state index < -0.39 is 0 Å². The van der Waals surface area contributed by atoms with E-state index in [9.17, 15) is 0 Å². The van der Waals surface area contributed by atoms with Crippen LogP contribution in [0.1, 0.15) is 56.1 Å². The van der Waals surface area contributed by atoms with E-state index in [1.807, 2.05) is 0 Å². The molecule has 3 rings (SSSR count). The average molecular weight is 243 g/mol. The van der Waals surface area contributed by atoms with Crippen LogP contribution in [0, 0.1) is 5.92 Å². The molecule has 3 unspecified atom stereocenters. The molecule has 1 aliphatic heterocycles. The Hall–Kier alpha value is -0.820. The highest BCUT2D eigenvalue weighted by molar-refractivity contribution is 5.32. The summed E-state index contributed by atoms with van der Waals surface area (Å²) in [5.41, 5.74) is 3.25. The Bertz CT molecular complexity index is 390. The van der Waals surface area contributed by atoms with Gasteiger partial charge in [-0.25, -0.2) is 0 Å². The molecule has 0 aromatic heterocycles. The van der Waals surface area contributed by atoms with Gasteiger partial charge in [-0.15, -0.1) is 0 Å². The van der Waals surface area contributed by atoms with Crippen molar-refractivity contribution in [3.05, 3.63) is 35.4 Å². The number of aryl methyl sites for hydroxylation is 1. The Morgan fingerprint density at radius 1 is 1.17 bits per heavy atom. The molecule has 2 aliphatic rings. The third kappa shape index (κ3) is 2.61. The molecule has 1 nitrogen and oxygen atoms in total. The van der Waals surface area contributed by atoms with E-state index in [0.29, 0.717) is 0 Å². The van der Waals surface area contributed by atoms with Crippen molar-refractivity contribution in [3.63, 3.8) is 0 Å². The second-order valence-corrected chi connectivity index (χ2v) is 6.31. The van der Waals surface area contributed by atoms with Gasteiger partial charge in [0.15, 0.2) is 0 Å². The van der Waals surface area contributed by atoms with Crippen LogP contribution < -0.4 is 5.32 Å². The first-order valence-electron chi connectivity index (χ1n) is 7.64. The van der Waals surface area contributed by atoms with Crippen LogP contribution in [0.5, 0.6) is 0 Å². The normalized spacial score (nSPS) is 31.9. The van der Waals surface area contributed by atoms with Crippen molar-refractivity contribution < 1.29 is 0 Å². The summed E-state index contributed by atoms with van der Waals surface area (Å²) < 4.78 is 0. The van der Waals surface area contributed by atoms with Crippen LogP contribution in [-0.2, 0) is 6.42 Å². The summed E-state index contributed by atoms with van der Waals surface area (Å²) >= 11 is 0. The fraction of sp³-hybridized carbons (Fsp3) is 0.647. The van der Waals surface area contributed by atoms with Crippen molar-refractivity contribution in [2.24, 2.45) is 5.92 Å². The molecule has 1 fully saturated rings. The second-order valence-electron chi connectivity index (χ2n) is 6.31. The lowest BCUT2D eigenvalue weighted by Gasteiger charge is -2.33. The molecule has 1 aliphatic carbocycles. The highest BCUT2D eigenvalue weighted by Gasteiger charge is 2.25. The first-order valence-corrected chi connectivity index (χ1v) is 7.64. The van der Waals surface area contributed by atoms with Gasteiger partial charge in [-0.2, -0.15) is 0 Å². The van der Waals surface area contributed by atoms with Crippen molar-refractivity contribution >= 4 is 0 Å². The number of hydrogen-bond donors (Lipinski definition) is 1. The van der Waals surface area contributed by atoms with Crippen LogP contribution >= 0.6 is 0 Å². The molecule has 18 heavy (non-hydrogen) atoms. The van der Waals surface area contributed by atoms with E-state index >= 15 is 0 Å². The second kappa shape index (κ2) is 5.44. The molecule has 1 heterocycles. The van der Waals surface area contributed by atoms with E-state index in [-0.39, 0.29) is 0 Å². The van der Waals surface area contributed by atoms with Crippen LogP contribution in [-0.4, -0.2) is 12.6 Å². The maximum atomic E-state index is 3.75. The maximum absolute atomic E-state index is 3.75. The summed E-state index contributed by atoms with van der Waals surface area (Å²) in [6.45, 7) is 3.58. The SMILES string of the molecule is CC1CCC(CC2CCCc3ccccc32)NC1. The van der Waals surface area contributed by atoms with Crippen LogP contribution in [0.2, 0.25) is 0 Å². The lowest BCUT2D eigenvalue weighted by atomic mass is 9.78. The van der Waals surface area contributed by atoms with E-state index in [1.54, 1.807) is 11.1 Å². The summed E-state index contributed by atoms with van der Waals surface area (Å²) in [4.78, 5) is 0. The minimum absolute atomic E-state index is 0.761. The highest BCUT2D eigenvalue weighted by atomic mass is 14.9. The molecule has 1 aromatic rings. The number of nitrogens with one attached hydrogen (secondary N) is 1. The topological polar surface area (TPSA) is 12.0 Å². The lowest BCUT2D eigenvalue weighted by Crippen LogP contribution is -2.39. The Labute approximate surface area is 111 Å². The third-order valence-corrected chi connectivity index (χ3v) is 4.83. The monoisotopic (exact) mass is 243 g/mol. The molecule has 0 radical (unpaired) electrons. The molecule has 1 heteroatoms. The van der Waals surface area contributed by atoms with Crippen molar-refractivity contribution in [2.45, 2.75) is 57.4 Å². The Morgan fingerprint density at radius 2 is 2.06 bits per heavy atom. The molecule has 0 saturated carbocycles. The standard InChI is InChI=1S/C17H25N/c1-13-9-10-16(18-12-13)11-15-7-4-6-14-5-2-3-8-17(14)15/h2-3,5,8,13,15-16,18H,4,6-7,9-12H2,1H3. The fourth-order valence-electron chi connectivity index (χ4n) is 3.70. The molecule has 98 valence electrons. The summed E-state index contributed by atoms with van der Waals surface area (Å²) in [7, 11) is 0. The zero-order valence-electron chi connectivity index (χ0n) is 11.5. The number of rotatable bonds is 2. The molecular weight excluding hydrogens is 218 g/mol. The molecule has 0 bridgehead atoms. The van der Waals surface area contributed by atoms with Gasteiger partial charge in [0, 0.05) is 6.04 Å². The smallest absolute Gasteiger partial charge is 0.00731 e. The number of fused-ring (bicyclic) bond motifs is 1. The van der Waals surface area contributed by atoms with Crippen LogP contribution in [0.15, 0.2) is 24.3 Å². The Kier molecular flexibility index (Phi) is 3.69.